The smallest absolute Gasteiger partial charge is 0.335 e. The number of aromatic nitrogens is 2. The van der Waals surface area contributed by atoms with Crippen LogP contribution in [0.2, 0.25) is 0 Å². The highest BCUT2D eigenvalue weighted by Gasteiger charge is 2.28. The van der Waals surface area contributed by atoms with Crippen molar-refractivity contribution in [3.63, 3.8) is 0 Å². The van der Waals surface area contributed by atoms with E-state index in [9.17, 15) is 24.4 Å². The molecule has 1 aliphatic carbocycles. The van der Waals surface area contributed by atoms with Gasteiger partial charge in [-0.3, -0.25) is 10.1 Å². The number of aromatic carboxylic acids is 1. The first-order chi connectivity index (χ1) is 11.9. The minimum atomic E-state index is -1.03. The van der Waals surface area contributed by atoms with Crippen molar-refractivity contribution in [3.8, 4) is 5.69 Å². The van der Waals surface area contributed by atoms with Crippen molar-refractivity contribution in [2.45, 2.75) is 18.8 Å². The van der Waals surface area contributed by atoms with Crippen LogP contribution in [0.1, 0.15) is 34.7 Å². The Morgan fingerprint density at radius 3 is 2.68 bits per heavy atom. The van der Waals surface area contributed by atoms with Gasteiger partial charge in [0.1, 0.15) is 5.69 Å². The Kier molecular flexibility index (Phi) is 3.28. The number of nitro benzene ring substituents is 1. The van der Waals surface area contributed by atoms with Crippen LogP contribution in [0, 0.1) is 15.9 Å². The second kappa shape index (κ2) is 5.37. The fourth-order valence-corrected chi connectivity index (χ4v) is 2.91. The molecular formula is C17H12FN3O4. The summed E-state index contributed by atoms with van der Waals surface area (Å²) in [4.78, 5) is 21.4. The molecule has 4 rings (SSSR count). The van der Waals surface area contributed by atoms with Crippen LogP contribution in [-0.2, 0) is 0 Å². The third-order valence-electron chi connectivity index (χ3n) is 4.29. The fourth-order valence-electron chi connectivity index (χ4n) is 2.91. The number of hydrogen-bond acceptors (Lipinski definition) is 4. The monoisotopic (exact) mass is 341 g/mol. The Balaban J connectivity index is 1.88. The van der Waals surface area contributed by atoms with E-state index in [-0.39, 0.29) is 22.9 Å². The molecule has 0 radical (unpaired) electrons. The average Bonchev–Trinajstić information content (AvgIpc) is 3.32. The summed E-state index contributed by atoms with van der Waals surface area (Å²) in [6, 6.07) is 6.44. The molecule has 7 nitrogen and oxygen atoms in total. The van der Waals surface area contributed by atoms with E-state index in [1.54, 1.807) is 6.07 Å². The fraction of sp³-hybridized carbons (Fsp3) is 0.176. The lowest BCUT2D eigenvalue weighted by molar-refractivity contribution is -0.385. The lowest BCUT2D eigenvalue weighted by Crippen LogP contribution is -2.00. The number of nitro groups is 1. The highest BCUT2D eigenvalue weighted by Crippen LogP contribution is 2.43. The summed E-state index contributed by atoms with van der Waals surface area (Å²) in [6.07, 6.45) is 3.48. The topological polar surface area (TPSA) is 98.3 Å². The van der Waals surface area contributed by atoms with Gasteiger partial charge in [-0.2, -0.15) is 5.10 Å². The van der Waals surface area contributed by atoms with Crippen molar-refractivity contribution in [2.24, 2.45) is 0 Å². The molecule has 0 unspecified atom stereocenters. The summed E-state index contributed by atoms with van der Waals surface area (Å²) < 4.78 is 15.5. The van der Waals surface area contributed by atoms with Crippen molar-refractivity contribution < 1.29 is 19.2 Å². The van der Waals surface area contributed by atoms with Crippen LogP contribution < -0.4 is 0 Å². The number of benzene rings is 2. The number of non-ortho nitro benzene ring substituents is 1. The molecule has 1 heterocycles. The van der Waals surface area contributed by atoms with Gasteiger partial charge in [-0.25, -0.2) is 13.9 Å². The molecule has 25 heavy (non-hydrogen) atoms. The number of halogens is 1. The lowest BCUT2D eigenvalue weighted by atomic mass is 10.0. The van der Waals surface area contributed by atoms with E-state index in [0.29, 0.717) is 10.9 Å². The number of hydrogen-bond donors (Lipinski definition) is 1. The van der Waals surface area contributed by atoms with Gasteiger partial charge in [0.15, 0.2) is 5.82 Å². The van der Waals surface area contributed by atoms with Crippen molar-refractivity contribution >= 4 is 22.6 Å². The number of fused-ring (bicyclic) bond motifs is 1. The Morgan fingerprint density at radius 1 is 1.32 bits per heavy atom. The molecule has 0 saturated heterocycles. The molecule has 126 valence electrons. The lowest BCUT2D eigenvalue weighted by Gasteiger charge is -2.03. The van der Waals surface area contributed by atoms with E-state index in [2.05, 4.69) is 5.10 Å². The highest BCUT2D eigenvalue weighted by molar-refractivity contribution is 5.95. The molecule has 0 spiro atoms. The maximum atomic E-state index is 14.2. The molecule has 0 bridgehead atoms. The van der Waals surface area contributed by atoms with Gasteiger partial charge in [0.25, 0.3) is 5.69 Å². The highest BCUT2D eigenvalue weighted by atomic mass is 19.1. The van der Waals surface area contributed by atoms with Crippen molar-refractivity contribution in [1.82, 2.24) is 9.78 Å². The van der Waals surface area contributed by atoms with Gasteiger partial charge in [-0.1, -0.05) is 0 Å². The van der Waals surface area contributed by atoms with Crippen LogP contribution in [0.4, 0.5) is 10.1 Å². The summed E-state index contributed by atoms with van der Waals surface area (Å²) in [5, 5.41) is 25.0. The van der Waals surface area contributed by atoms with Crippen LogP contribution in [0.5, 0.6) is 0 Å². The first-order valence-electron chi connectivity index (χ1n) is 7.65. The number of carboxylic acids is 1. The normalized spacial score (nSPS) is 14.0. The van der Waals surface area contributed by atoms with Crippen LogP contribution in [0.15, 0.2) is 36.5 Å². The van der Waals surface area contributed by atoms with Gasteiger partial charge in [-0.05, 0) is 42.5 Å². The molecular weight excluding hydrogens is 329 g/mol. The molecule has 3 aromatic rings. The molecule has 1 fully saturated rings. The molecule has 0 aliphatic heterocycles. The van der Waals surface area contributed by atoms with Gasteiger partial charge < -0.3 is 5.11 Å². The van der Waals surface area contributed by atoms with E-state index in [0.717, 1.165) is 24.5 Å². The van der Waals surface area contributed by atoms with E-state index < -0.39 is 16.7 Å². The zero-order valence-corrected chi connectivity index (χ0v) is 12.8. The predicted octanol–water partition coefficient (Wildman–Crippen LogP) is 3.65. The van der Waals surface area contributed by atoms with Gasteiger partial charge >= 0.3 is 5.97 Å². The van der Waals surface area contributed by atoms with Crippen molar-refractivity contribution in [3.05, 3.63) is 63.6 Å². The molecule has 1 aromatic heterocycles. The Hall–Kier alpha value is -3.29. The summed E-state index contributed by atoms with van der Waals surface area (Å²) in [7, 11) is 0. The third-order valence-corrected chi connectivity index (χ3v) is 4.29. The second-order valence-corrected chi connectivity index (χ2v) is 6.05. The molecule has 1 aliphatic rings. The van der Waals surface area contributed by atoms with Gasteiger partial charge in [0.05, 0.1) is 22.1 Å². The van der Waals surface area contributed by atoms with Gasteiger partial charge in [0, 0.05) is 17.6 Å². The second-order valence-electron chi connectivity index (χ2n) is 6.05. The SMILES string of the molecule is O=C(O)c1cc(C2CC2)c2nn(-c3ccc([N+](=O)[O-])cc3F)cc2c1. The maximum Gasteiger partial charge on any atom is 0.335 e. The van der Waals surface area contributed by atoms with Gasteiger partial charge in [-0.15, -0.1) is 0 Å². The molecule has 1 saturated carbocycles. The molecule has 2 aromatic carbocycles. The quantitative estimate of drug-likeness (QED) is 0.577. The van der Waals surface area contributed by atoms with E-state index in [1.807, 2.05) is 0 Å². The number of carboxylic acid groups (broad SMARTS) is 1. The van der Waals surface area contributed by atoms with Crippen LogP contribution in [0.3, 0.4) is 0 Å². The summed E-state index contributed by atoms with van der Waals surface area (Å²) in [5.74, 6) is -1.53. The zero-order chi connectivity index (χ0) is 17.7. The molecule has 0 amide bonds. The minimum Gasteiger partial charge on any atom is -0.478 e. The van der Waals surface area contributed by atoms with E-state index in [4.69, 9.17) is 0 Å². The first-order valence-corrected chi connectivity index (χ1v) is 7.65. The number of carbonyl (C=O) groups is 1. The first kappa shape index (κ1) is 15.3. The predicted molar refractivity (Wildman–Crippen MR) is 86.6 cm³/mol. The van der Waals surface area contributed by atoms with E-state index >= 15 is 0 Å². The maximum absolute atomic E-state index is 14.2. The molecule has 8 heteroatoms. The molecule has 0 atom stereocenters. The summed E-state index contributed by atoms with van der Waals surface area (Å²) in [6.45, 7) is 0. The summed E-state index contributed by atoms with van der Waals surface area (Å²) >= 11 is 0. The van der Waals surface area contributed by atoms with E-state index in [1.165, 1.54) is 29.1 Å². The Morgan fingerprint density at radius 2 is 2.08 bits per heavy atom. The van der Waals surface area contributed by atoms with Crippen LogP contribution in [-0.4, -0.2) is 25.8 Å². The average molecular weight is 341 g/mol. The zero-order valence-electron chi connectivity index (χ0n) is 12.8. The van der Waals surface area contributed by atoms with Crippen LogP contribution in [0.25, 0.3) is 16.6 Å². The van der Waals surface area contributed by atoms with Crippen molar-refractivity contribution in [2.75, 3.05) is 0 Å². The number of rotatable bonds is 4. The minimum absolute atomic E-state index is 0.0698. The largest absolute Gasteiger partial charge is 0.478 e. The van der Waals surface area contributed by atoms with Crippen molar-refractivity contribution in [1.29, 1.82) is 0 Å². The Bertz CT molecular complexity index is 1040. The van der Waals surface area contributed by atoms with Crippen LogP contribution >= 0.6 is 0 Å². The number of nitrogens with zero attached hydrogens (tertiary/aromatic N) is 3. The molecule has 1 N–H and O–H groups in total. The third kappa shape index (κ3) is 2.61. The van der Waals surface area contributed by atoms with Gasteiger partial charge in [0.2, 0.25) is 0 Å². The Labute approximate surface area is 140 Å². The summed E-state index contributed by atoms with van der Waals surface area (Å²) in [5.41, 5.74) is 1.37. The standard InChI is InChI=1S/C17H12FN3O4/c18-14-7-12(21(24)25)3-4-15(14)20-8-11-5-10(17(22)23)6-13(9-1-2-9)16(11)19-20/h3-9H,1-2H2,(H,22,23).